The molecule has 0 aromatic carbocycles. The monoisotopic (exact) mass is 445 g/mol. The summed E-state index contributed by atoms with van der Waals surface area (Å²) in [6.07, 6.45) is 1.38. The number of hydrogen-bond donors (Lipinski definition) is 1. The normalized spacial score (nSPS) is 29.9. The average molecular weight is 445 g/mol. The van der Waals surface area contributed by atoms with Crippen LogP contribution in [-0.2, 0) is 29.3 Å². The molecule has 1 aliphatic carbocycles. The fraction of sp³-hybridized carbons (Fsp3) is 0.550. The first-order valence-corrected chi connectivity index (χ1v) is 10.4. The molecule has 4 atom stereocenters. The summed E-state index contributed by atoms with van der Waals surface area (Å²) in [6.45, 7) is -0.251. The minimum atomic E-state index is -1.97. The van der Waals surface area contributed by atoms with Gasteiger partial charge >= 0.3 is 12.1 Å². The second kappa shape index (κ2) is 7.59. The van der Waals surface area contributed by atoms with E-state index in [2.05, 4.69) is 10.1 Å². The van der Waals surface area contributed by atoms with E-state index in [1.165, 1.54) is 0 Å². The van der Waals surface area contributed by atoms with Gasteiger partial charge < -0.3 is 24.7 Å². The number of hydrogen-bond acceptors (Lipinski definition) is 10. The molecule has 3 fully saturated rings. The van der Waals surface area contributed by atoms with Gasteiger partial charge in [0.1, 0.15) is 30.6 Å². The summed E-state index contributed by atoms with van der Waals surface area (Å²) in [5.41, 5.74) is 3.60. The van der Waals surface area contributed by atoms with Crippen LogP contribution < -0.4 is 5.73 Å². The SMILES string of the molecule is N#C[C@@]1(c2cc(F)c3c(N)ncnn23)O[C@H](COC(=O)C2CCCCC2)[C@H]2OC(=O)O[C@H]21. The largest absolute Gasteiger partial charge is 0.509 e. The molecule has 32 heavy (non-hydrogen) atoms. The maximum Gasteiger partial charge on any atom is 0.509 e. The fourth-order valence-corrected chi connectivity index (χ4v) is 4.72. The average Bonchev–Trinajstić information content (AvgIpc) is 3.44. The minimum absolute atomic E-state index is 0.0454. The Bertz CT molecular complexity index is 1130. The van der Waals surface area contributed by atoms with Crippen molar-refractivity contribution in [1.82, 2.24) is 14.6 Å². The zero-order valence-corrected chi connectivity index (χ0v) is 16.9. The molecule has 2 aromatic heterocycles. The molecule has 2 saturated heterocycles. The van der Waals surface area contributed by atoms with Gasteiger partial charge in [0.15, 0.2) is 23.8 Å². The number of aromatic nitrogens is 3. The molecule has 0 radical (unpaired) electrons. The first kappa shape index (κ1) is 20.4. The summed E-state index contributed by atoms with van der Waals surface area (Å²) in [5.74, 6) is -1.45. The van der Waals surface area contributed by atoms with Gasteiger partial charge in [-0.1, -0.05) is 19.3 Å². The Morgan fingerprint density at radius 2 is 2.16 bits per heavy atom. The molecule has 0 amide bonds. The zero-order valence-electron chi connectivity index (χ0n) is 16.9. The fourth-order valence-electron chi connectivity index (χ4n) is 4.72. The van der Waals surface area contributed by atoms with Crippen molar-refractivity contribution in [3.63, 3.8) is 0 Å². The predicted octanol–water partition coefficient (Wildman–Crippen LogP) is 1.60. The number of nitrogens with two attached hydrogens (primary N) is 1. The van der Waals surface area contributed by atoms with Gasteiger partial charge in [-0.15, -0.1) is 0 Å². The van der Waals surface area contributed by atoms with Crippen LogP contribution in [0.25, 0.3) is 5.52 Å². The molecule has 0 unspecified atom stereocenters. The molecule has 2 aliphatic heterocycles. The quantitative estimate of drug-likeness (QED) is 0.687. The van der Waals surface area contributed by atoms with Gasteiger partial charge in [0.05, 0.1) is 11.6 Å². The molecule has 168 valence electrons. The second-order valence-electron chi connectivity index (χ2n) is 8.12. The highest BCUT2D eigenvalue weighted by Crippen LogP contribution is 2.46. The Balaban J connectivity index is 1.46. The number of fused-ring (bicyclic) bond motifs is 2. The van der Waals surface area contributed by atoms with Crippen LogP contribution in [0.2, 0.25) is 0 Å². The second-order valence-corrected chi connectivity index (χ2v) is 8.12. The van der Waals surface area contributed by atoms with E-state index in [4.69, 9.17) is 24.7 Å². The lowest BCUT2D eigenvalue weighted by Crippen LogP contribution is -2.39. The van der Waals surface area contributed by atoms with Crippen LogP contribution in [0.5, 0.6) is 0 Å². The highest BCUT2D eigenvalue weighted by Gasteiger charge is 2.66. The maximum absolute atomic E-state index is 14.7. The van der Waals surface area contributed by atoms with Crippen LogP contribution >= 0.6 is 0 Å². The molecule has 0 bridgehead atoms. The number of nitrogens with zero attached hydrogens (tertiary/aromatic N) is 4. The van der Waals surface area contributed by atoms with Crippen LogP contribution in [0.4, 0.5) is 15.0 Å². The maximum atomic E-state index is 14.7. The molecule has 11 nitrogen and oxygen atoms in total. The first-order valence-electron chi connectivity index (χ1n) is 10.4. The van der Waals surface area contributed by atoms with Crippen molar-refractivity contribution in [2.24, 2.45) is 5.92 Å². The molecule has 3 aliphatic rings. The van der Waals surface area contributed by atoms with Crippen molar-refractivity contribution < 1.29 is 32.9 Å². The van der Waals surface area contributed by atoms with Crippen molar-refractivity contribution in [2.75, 3.05) is 12.3 Å². The zero-order chi connectivity index (χ0) is 22.5. The molecule has 12 heteroatoms. The summed E-state index contributed by atoms with van der Waals surface area (Å²) in [5, 5.41) is 14.1. The van der Waals surface area contributed by atoms with Gasteiger partial charge in [0.2, 0.25) is 5.60 Å². The molecule has 2 aromatic rings. The van der Waals surface area contributed by atoms with E-state index in [1.807, 2.05) is 6.07 Å². The third kappa shape index (κ3) is 3.03. The van der Waals surface area contributed by atoms with E-state index < -0.39 is 35.9 Å². The number of carbonyl (C=O) groups excluding carboxylic acids is 2. The van der Waals surface area contributed by atoms with Gasteiger partial charge in [-0.05, 0) is 12.8 Å². The smallest absolute Gasteiger partial charge is 0.463 e. The lowest BCUT2D eigenvalue weighted by molar-refractivity contribution is -0.157. The minimum Gasteiger partial charge on any atom is -0.463 e. The number of carbonyl (C=O) groups is 2. The molecule has 0 spiro atoms. The number of rotatable bonds is 4. The molecule has 1 saturated carbocycles. The molecule has 5 rings (SSSR count). The lowest BCUT2D eigenvalue weighted by atomic mass is 9.89. The Hall–Kier alpha value is -3.46. The van der Waals surface area contributed by atoms with Crippen molar-refractivity contribution in [3.8, 4) is 6.07 Å². The Labute approximate surface area is 181 Å². The van der Waals surface area contributed by atoms with Crippen molar-refractivity contribution >= 4 is 23.5 Å². The van der Waals surface area contributed by atoms with Crippen molar-refractivity contribution in [2.45, 2.75) is 56.0 Å². The molecule has 4 heterocycles. The standard InChI is InChI=1S/C20H20FN5O6/c21-11-6-13(26-14(11)17(23)24-9-25-26)20(8-22)16-15(30-19(28)31-16)12(32-20)7-29-18(27)10-4-2-1-3-5-10/h6,9-10,12,15-16H,1-5,7H2,(H2,23,24,25)/t12-,15-,16-,20+/m1/s1. The number of esters is 1. The predicted molar refractivity (Wildman–Crippen MR) is 102 cm³/mol. The number of nitriles is 1. The highest BCUT2D eigenvalue weighted by molar-refractivity contribution is 5.72. The topological polar surface area (TPSA) is 151 Å². The third-order valence-electron chi connectivity index (χ3n) is 6.27. The third-order valence-corrected chi connectivity index (χ3v) is 6.27. The van der Waals surface area contributed by atoms with Crippen LogP contribution in [-0.4, -0.2) is 51.6 Å². The Morgan fingerprint density at radius 3 is 2.91 bits per heavy atom. The van der Waals surface area contributed by atoms with E-state index in [0.29, 0.717) is 0 Å². The van der Waals surface area contributed by atoms with Crippen molar-refractivity contribution in [1.29, 1.82) is 5.26 Å². The summed E-state index contributed by atoms with van der Waals surface area (Å²) in [7, 11) is 0. The van der Waals surface area contributed by atoms with Gasteiger partial charge in [0, 0.05) is 6.07 Å². The number of nitrogen functional groups attached to an aromatic ring is 1. The molecular formula is C20H20FN5O6. The lowest BCUT2D eigenvalue weighted by Gasteiger charge is -2.25. The van der Waals surface area contributed by atoms with Crippen LogP contribution in [0.3, 0.4) is 0 Å². The molecular weight excluding hydrogens is 425 g/mol. The van der Waals surface area contributed by atoms with Crippen molar-refractivity contribution in [3.05, 3.63) is 23.9 Å². The summed E-state index contributed by atoms with van der Waals surface area (Å²) < 4.78 is 37.6. The number of ether oxygens (including phenoxy) is 4. The summed E-state index contributed by atoms with van der Waals surface area (Å²) in [4.78, 5) is 28.1. The van der Waals surface area contributed by atoms with E-state index >= 15 is 0 Å². The number of halogens is 1. The Kier molecular flexibility index (Phi) is 4.85. The summed E-state index contributed by atoms with van der Waals surface area (Å²) in [6, 6.07) is 3.01. The van der Waals surface area contributed by atoms with E-state index in [9.17, 15) is 19.2 Å². The first-order chi connectivity index (χ1) is 15.4. The molecule has 2 N–H and O–H groups in total. The van der Waals surface area contributed by atoms with E-state index in [-0.39, 0.29) is 35.5 Å². The van der Waals surface area contributed by atoms with Gasteiger partial charge in [-0.3, -0.25) is 4.79 Å². The summed E-state index contributed by atoms with van der Waals surface area (Å²) >= 11 is 0. The van der Waals surface area contributed by atoms with Gasteiger partial charge in [-0.2, -0.15) is 10.4 Å². The highest BCUT2D eigenvalue weighted by atomic mass is 19.1. The Morgan fingerprint density at radius 1 is 1.38 bits per heavy atom. The van der Waals surface area contributed by atoms with Gasteiger partial charge in [0.25, 0.3) is 0 Å². The number of anilines is 1. The van der Waals surface area contributed by atoms with Crippen LogP contribution in [0.1, 0.15) is 37.8 Å². The van der Waals surface area contributed by atoms with Crippen LogP contribution in [0, 0.1) is 23.1 Å². The van der Waals surface area contributed by atoms with E-state index in [1.54, 1.807) is 0 Å². The van der Waals surface area contributed by atoms with Crippen LogP contribution in [0.15, 0.2) is 12.4 Å². The van der Waals surface area contributed by atoms with E-state index in [0.717, 1.165) is 49.0 Å². The van der Waals surface area contributed by atoms with Gasteiger partial charge in [-0.25, -0.2) is 18.7 Å².